The molecule has 344 valence electrons. The first-order valence-corrected chi connectivity index (χ1v) is 51.8. The van der Waals surface area contributed by atoms with Crippen LogP contribution in [0.4, 0.5) is 0 Å². The van der Waals surface area contributed by atoms with E-state index in [0.717, 1.165) is 0 Å². The summed E-state index contributed by atoms with van der Waals surface area (Å²) >= 11 is -102. The zero-order valence-corrected chi connectivity index (χ0v) is 49.7. The van der Waals surface area contributed by atoms with Gasteiger partial charge in [-0.2, -0.15) is 0 Å². The van der Waals surface area contributed by atoms with Gasteiger partial charge in [0.25, 0.3) is 0 Å². The molecule has 57 heavy (non-hydrogen) atoms. The van der Waals surface area contributed by atoms with Crippen molar-refractivity contribution in [3.05, 3.63) is 0 Å². The van der Waals surface area contributed by atoms with E-state index < -0.39 is 224 Å². The summed E-state index contributed by atoms with van der Waals surface area (Å²) in [5, 5.41) is 0. The zero-order chi connectivity index (χ0) is 46.6. The molecule has 57 heteroatoms. The van der Waals surface area contributed by atoms with Crippen LogP contribution in [0.2, 0.25) is 0 Å². The summed E-state index contributed by atoms with van der Waals surface area (Å²) in [6.07, 6.45) is 0. The Morgan fingerprint density at radius 2 is 0.421 bits per heavy atom. The Bertz CT molecular complexity index is 2680. The van der Waals surface area contributed by atoms with E-state index in [-0.39, 0.29) is 0 Å². The van der Waals surface area contributed by atoms with Crippen LogP contribution in [0.3, 0.4) is 0 Å². The summed E-state index contributed by atoms with van der Waals surface area (Å²) in [6.45, 7) is 0. The molecule has 0 amide bonds. The molecule has 0 N–H and O–H groups in total. The summed E-state index contributed by atoms with van der Waals surface area (Å²) in [5.41, 5.74) is 0. The predicted octanol–water partition coefficient (Wildman–Crippen LogP) is -7.96. The fourth-order valence-electron chi connectivity index (χ4n) is 1.40. The van der Waals surface area contributed by atoms with Crippen molar-refractivity contribution in [1.82, 2.24) is 0 Å². The summed E-state index contributed by atoms with van der Waals surface area (Å²) < 4.78 is 377. The van der Waals surface area contributed by atoms with Crippen molar-refractivity contribution in [3.8, 4) is 0 Å². The van der Waals surface area contributed by atoms with Gasteiger partial charge in [-0.3, -0.25) is 0 Å². The van der Waals surface area contributed by atoms with E-state index in [9.17, 15) is 97.4 Å². The molecule has 0 saturated carbocycles. The molecule has 0 aromatic carbocycles. The van der Waals surface area contributed by atoms with Crippen LogP contribution in [0.15, 0.2) is 0 Å². The van der Waals surface area contributed by atoms with Crippen LogP contribution < -0.4 is 15.3 Å². The van der Waals surface area contributed by atoms with Crippen LogP contribution in [0, 0.1) is 0 Å². The number of rotatable bonds is 24. The van der Waals surface area contributed by atoms with Gasteiger partial charge in [-0.1, -0.05) is 0 Å². The SMILES string of the molecule is O=P([O][Mo](=[O])(=[O])[O][Mo](=[O])(=[O])[O][Mo](=[O])(=[O])[O][Mo](=[O])(=[O])[O-])([O][Mo](=[O])(=[O])[O][Mo](=[O])(=[O])[O][Mo](=[O])(=[O])[O][Mo](=[O])(=[O])[O-])[O][Mo](=[O])(=[O])[O][Mo](=[O])(=[O])[O][Mo](=[O])(=[O])[O][Mo](=[O])(=[O])[O-].[O]=[V](=[O])[O-]. The first kappa shape index (κ1) is 62.3. The average Bonchev–Trinajstić information content (AvgIpc) is 2.64. The monoisotopic (exact) mass is 1940 g/mol. The molecule has 0 spiro atoms. The Balaban J connectivity index is 0. The normalized spacial score (nSPS) is 14.9. The molecular weight excluding hydrogens is 1920 g/mol. The first-order valence-electron chi connectivity index (χ1n) is 9.28. The van der Waals surface area contributed by atoms with Gasteiger partial charge < -0.3 is 0 Å². The Morgan fingerprint density at radius 3 is 0.561 bits per heavy atom. The van der Waals surface area contributed by atoms with Crippen LogP contribution in [0.5, 0.6) is 0 Å². The van der Waals surface area contributed by atoms with Gasteiger partial charge in [0, 0.05) is 0 Å². The number of phosphoric acid groups is 1. The quantitative estimate of drug-likeness (QED) is 0.0640. The van der Waals surface area contributed by atoms with Gasteiger partial charge in [-0.25, -0.2) is 0 Å². The van der Waals surface area contributed by atoms with E-state index in [1.54, 1.807) is 0 Å². The van der Waals surface area contributed by atoms with Gasteiger partial charge >= 0.3 is 361 Å². The van der Waals surface area contributed by atoms with Crippen molar-refractivity contribution in [2.24, 2.45) is 0 Å². The first-order chi connectivity index (χ1) is 24.2. The Kier molecular flexibility index (Phi) is 23.7. The molecule has 0 aliphatic carbocycles. The Labute approximate surface area is 354 Å². The molecule has 0 saturated heterocycles. The molecule has 0 heterocycles. The Morgan fingerprint density at radius 1 is 0.298 bits per heavy atom. The Hall–Kier alpha value is 3.23. The van der Waals surface area contributed by atoms with Crippen LogP contribution in [-0.4, -0.2) is 0 Å². The van der Waals surface area contributed by atoms with Crippen molar-refractivity contribution in [2.45, 2.75) is 0 Å². The molecule has 0 bridgehead atoms. The average molecular weight is 1920 g/mol. The molecule has 0 aliphatic heterocycles. The van der Waals surface area contributed by atoms with Crippen molar-refractivity contribution in [2.75, 3.05) is 0 Å². The third-order valence-corrected chi connectivity index (χ3v) is 62.2. The van der Waals surface area contributed by atoms with E-state index in [2.05, 4.69) is 27.9 Å². The third kappa shape index (κ3) is 34.3. The van der Waals surface area contributed by atoms with Gasteiger partial charge in [0.15, 0.2) is 0 Å². The molecular formula is Mo12O43PV-4. The van der Waals surface area contributed by atoms with E-state index in [0.29, 0.717) is 0 Å². The second kappa shape index (κ2) is 21.7. The second-order valence-electron chi connectivity index (χ2n) is 6.41. The molecule has 0 unspecified atom stereocenters. The predicted molar refractivity (Wildman–Crippen MR) is 38.5 cm³/mol. The van der Waals surface area contributed by atoms with Crippen LogP contribution in [0.1, 0.15) is 0 Å². The third-order valence-electron chi connectivity index (χ3n) is 2.05. The van der Waals surface area contributed by atoms with E-state index in [1.807, 2.05) is 0 Å². The minimum atomic E-state index is -8.82. The van der Waals surface area contributed by atoms with Gasteiger partial charge in [0.2, 0.25) is 0 Å². The molecule has 0 radical (unpaired) electrons. The fraction of sp³-hybridized carbons (Fsp3) is 0. The molecule has 0 rings (SSSR count). The zero-order valence-electron chi connectivity index (χ0n) is 23.3. The number of hydrogen-bond acceptors (Lipinski definition) is 43. The van der Waals surface area contributed by atoms with Crippen molar-refractivity contribution in [1.29, 1.82) is 0 Å². The van der Waals surface area contributed by atoms with E-state index in [1.165, 1.54) is 0 Å². The topological polar surface area (TPSA) is 664 Å². The van der Waals surface area contributed by atoms with Crippen LogP contribution in [-0.2, 0) is 338 Å². The summed E-state index contributed by atoms with van der Waals surface area (Å²) in [7, 11) is -7.94. The summed E-state index contributed by atoms with van der Waals surface area (Å²) in [4.78, 5) is 0. The second-order valence-corrected chi connectivity index (χ2v) is 56.6. The van der Waals surface area contributed by atoms with Crippen molar-refractivity contribution >= 4 is 7.82 Å². The molecule has 43 nitrogen and oxygen atoms in total. The van der Waals surface area contributed by atoms with Gasteiger partial charge in [-0.05, 0) is 0 Å². The minimum absolute atomic E-state index is 2.73. The molecule has 0 atom stereocenters. The summed E-state index contributed by atoms with van der Waals surface area (Å²) in [5.74, 6) is 0. The van der Waals surface area contributed by atoms with Crippen molar-refractivity contribution < 1.29 is 353 Å². The van der Waals surface area contributed by atoms with Crippen molar-refractivity contribution in [3.63, 3.8) is 0 Å². The summed E-state index contributed by atoms with van der Waals surface area (Å²) in [6, 6.07) is 0. The molecule has 0 aliphatic rings. The van der Waals surface area contributed by atoms with E-state index >= 15 is 0 Å². The van der Waals surface area contributed by atoms with Crippen LogP contribution in [0.25, 0.3) is 0 Å². The number of hydrogen-bond donors (Lipinski definition) is 0. The van der Waals surface area contributed by atoms with Crippen LogP contribution >= 0.6 is 7.82 Å². The molecule has 0 aromatic rings. The molecule has 0 aromatic heterocycles. The van der Waals surface area contributed by atoms with Gasteiger partial charge in [-0.15, -0.1) is 0 Å². The van der Waals surface area contributed by atoms with E-state index in [4.69, 9.17) is 11.4 Å². The standard InChI is InChI=1S/12Mo.H3O4P.39O.V/c;;;;;;;;;;;;1-5(2,3)4;;;;;;;;;;;;;;;;;;;;;;;;;;;;;;;;;;;;;;;;/h;;;;;;;;;;;;(H3,1,2,3,4);;;;;;;;;;;;;;;;;;;;;;;;;;;;;;;;;;;;;;;;/q;;;;;;;;;3*+1;;;;;;;;;;;;;;;;;;;;;;;;;;;;;;;;;;;;;4*-1;/p-3. The van der Waals surface area contributed by atoms with Gasteiger partial charge in [0.05, 0.1) is 0 Å². The maximum atomic E-state index is 12.7. The maximum absolute atomic E-state index is 12.7. The van der Waals surface area contributed by atoms with Gasteiger partial charge in [0.1, 0.15) is 0 Å². The molecule has 0 fully saturated rings. The fourth-order valence-corrected chi connectivity index (χ4v) is 60.0.